The summed E-state index contributed by atoms with van der Waals surface area (Å²) in [5.74, 6) is 0. The molecule has 2 rings (SSSR count). The summed E-state index contributed by atoms with van der Waals surface area (Å²) < 4.78 is 1.17. The van der Waals surface area contributed by atoms with Gasteiger partial charge in [-0.15, -0.1) is 11.3 Å². The van der Waals surface area contributed by atoms with Crippen LogP contribution in [0.5, 0.6) is 0 Å². The molecule has 0 aliphatic heterocycles. The highest BCUT2D eigenvalue weighted by atomic mass is 79.9. The molecule has 2 N–H and O–H groups in total. The van der Waals surface area contributed by atoms with Crippen LogP contribution >= 0.6 is 27.3 Å². The van der Waals surface area contributed by atoms with Crippen molar-refractivity contribution in [3.05, 3.63) is 49.4 Å². The van der Waals surface area contributed by atoms with Gasteiger partial charge in [-0.25, -0.2) is 4.98 Å². The van der Waals surface area contributed by atoms with Crippen LogP contribution in [0.3, 0.4) is 0 Å². The standard InChI is InChI=1S/C14H17BrN2S/c1-8-4-11(5-9(2)14(8)15)13(16)6-12-7-18-10(3)17-12/h4-5,7,13H,6,16H2,1-3H3. The van der Waals surface area contributed by atoms with Gasteiger partial charge in [0.15, 0.2) is 0 Å². The number of nitrogens with zero attached hydrogens (tertiary/aromatic N) is 1. The Morgan fingerprint density at radius 2 is 1.89 bits per heavy atom. The van der Waals surface area contributed by atoms with Gasteiger partial charge in [0.25, 0.3) is 0 Å². The van der Waals surface area contributed by atoms with E-state index in [0.29, 0.717) is 0 Å². The lowest BCUT2D eigenvalue weighted by Crippen LogP contribution is -2.14. The smallest absolute Gasteiger partial charge is 0.0897 e. The van der Waals surface area contributed by atoms with Gasteiger partial charge < -0.3 is 5.73 Å². The predicted molar refractivity (Wildman–Crippen MR) is 81.1 cm³/mol. The van der Waals surface area contributed by atoms with Gasteiger partial charge in [-0.2, -0.15) is 0 Å². The minimum atomic E-state index is 0.0111. The third-order valence-corrected chi connectivity index (χ3v) is 5.06. The molecule has 0 saturated carbocycles. The Bertz CT molecular complexity index is 540. The Hall–Kier alpha value is -0.710. The fourth-order valence-corrected chi connectivity index (χ4v) is 2.89. The molecule has 1 atom stereocenters. The first kappa shape index (κ1) is 13.7. The fraction of sp³-hybridized carbons (Fsp3) is 0.357. The van der Waals surface area contributed by atoms with Crippen molar-refractivity contribution in [3.63, 3.8) is 0 Å². The lowest BCUT2D eigenvalue weighted by atomic mass is 9.99. The van der Waals surface area contributed by atoms with E-state index in [1.165, 1.54) is 21.2 Å². The van der Waals surface area contributed by atoms with Gasteiger partial charge in [-0.3, -0.25) is 0 Å². The van der Waals surface area contributed by atoms with Crippen LogP contribution in [-0.2, 0) is 6.42 Å². The SMILES string of the molecule is Cc1nc(CC(N)c2cc(C)c(Br)c(C)c2)cs1. The molecule has 96 valence electrons. The first-order valence-electron chi connectivity index (χ1n) is 5.90. The zero-order chi connectivity index (χ0) is 13.3. The number of aryl methyl sites for hydroxylation is 3. The van der Waals surface area contributed by atoms with Crippen LogP contribution in [0.2, 0.25) is 0 Å². The van der Waals surface area contributed by atoms with Crippen LogP contribution in [0.25, 0.3) is 0 Å². The van der Waals surface area contributed by atoms with Crippen LogP contribution in [-0.4, -0.2) is 4.98 Å². The first-order valence-corrected chi connectivity index (χ1v) is 7.58. The quantitative estimate of drug-likeness (QED) is 0.924. The van der Waals surface area contributed by atoms with E-state index in [4.69, 9.17) is 5.73 Å². The highest BCUT2D eigenvalue weighted by Gasteiger charge is 2.11. The molecular weight excluding hydrogens is 308 g/mol. The summed E-state index contributed by atoms with van der Waals surface area (Å²) in [6.45, 7) is 6.22. The minimum absolute atomic E-state index is 0.0111. The van der Waals surface area contributed by atoms with Crippen LogP contribution in [0, 0.1) is 20.8 Å². The lowest BCUT2D eigenvalue weighted by molar-refractivity contribution is 0.707. The number of benzene rings is 1. The van der Waals surface area contributed by atoms with Gasteiger partial charge in [0.2, 0.25) is 0 Å². The Balaban J connectivity index is 2.21. The average molecular weight is 325 g/mol. The maximum absolute atomic E-state index is 6.27. The molecule has 18 heavy (non-hydrogen) atoms. The van der Waals surface area contributed by atoms with Crippen molar-refractivity contribution in [1.82, 2.24) is 4.98 Å². The fourth-order valence-electron chi connectivity index (χ4n) is 2.04. The van der Waals surface area contributed by atoms with Crippen molar-refractivity contribution in [2.45, 2.75) is 33.2 Å². The summed E-state index contributed by atoms with van der Waals surface area (Å²) in [4.78, 5) is 4.47. The maximum Gasteiger partial charge on any atom is 0.0897 e. The molecular formula is C14H17BrN2S. The zero-order valence-corrected chi connectivity index (χ0v) is 13.2. The molecule has 0 radical (unpaired) electrons. The van der Waals surface area contributed by atoms with Gasteiger partial charge in [-0.05, 0) is 37.5 Å². The molecule has 1 aromatic heterocycles. The zero-order valence-electron chi connectivity index (χ0n) is 10.8. The third-order valence-electron chi connectivity index (χ3n) is 2.98. The van der Waals surface area contributed by atoms with Crippen LogP contribution < -0.4 is 5.73 Å². The van der Waals surface area contributed by atoms with E-state index in [1.807, 2.05) is 6.92 Å². The van der Waals surface area contributed by atoms with Crippen molar-refractivity contribution in [2.75, 3.05) is 0 Å². The average Bonchev–Trinajstić information content (AvgIpc) is 2.71. The molecule has 0 spiro atoms. The minimum Gasteiger partial charge on any atom is -0.324 e. The number of thiazole rings is 1. The Morgan fingerprint density at radius 1 is 1.28 bits per heavy atom. The molecule has 0 aliphatic rings. The number of hydrogen-bond donors (Lipinski definition) is 1. The Labute approximate surface area is 120 Å². The van der Waals surface area contributed by atoms with E-state index >= 15 is 0 Å². The maximum atomic E-state index is 6.27. The van der Waals surface area contributed by atoms with Crippen molar-refractivity contribution in [3.8, 4) is 0 Å². The molecule has 0 aliphatic carbocycles. The summed E-state index contributed by atoms with van der Waals surface area (Å²) in [5, 5.41) is 3.19. The molecule has 0 amide bonds. The van der Waals surface area contributed by atoms with E-state index in [-0.39, 0.29) is 6.04 Å². The summed E-state index contributed by atoms with van der Waals surface area (Å²) in [5.41, 5.74) is 11.0. The number of nitrogens with two attached hydrogens (primary N) is 1. The van der Waals surface area contributed by atoms with Crippen LogP contribution in [0.1, 0.15) is 33.4 Å². The van der Waals surface area contributed by atoms with Gasteiger partial charge >= 0.3 is 0 Å². The predicted octanol–water partition coefficient (Wildman–Crippen LogP) is 4.07. The van der Waals surface area contributed by atoms with E-state index in [2.05, 4.69) is 52.3 Å². The van der Waals surface area contributed by atoms with E-state index in [1.54, 1.807) is 11.3 Å². The highest BCUT2D eigenvalue weighted by Crippen LogP contribution is 2.26. The second-order valence-corrected chi connectivity index (χ2v) is 6.49. The molecule has 0 bridgehead atoms. The summed E-state index contributed by atoms with van der Waals surface area (Å²) in [6.07, 6.45) is 0.796. The summed E-state index contributed by atoms with van der Waals surface area (Å²) in [7, 11) is 0. The molecule has 0 fully saturated rings. The van der Waals surface area contributed by atoms with E-state index < -0.39 is 0 Å². The number of aromatic nitrogens is 1. The van der Waals surface area contributed by atoms with Gasteiger partial charge in [0.05, 0.1) is 10.7 Å². The van der Waals surface area contributed by atoms with Gasteiger partial charge in [0, 0.05) is 22.3 Å². The third kappa shape index (κ3) is 2.99. The highest BCUT2D eigenvalue weighted by molar-refractivity contribution is 9.10. The second kappa shape index (κ2) is 5.51. The van der Waals surface area contributed by atoms with Crippen molar-refractivity contribution in [1.29, 1.82) is 0 Å². The number of hydrogen-bond acceptors (Lipinski definition) is 3. The van der Waals surface area contributed by atoms with Crippen LogP contribution in [0.15, 0.2) is 22.0 Å². The van der Waals surface area contributed by atoms with Crippen molar-refractivity contribution >= 4 is 27.3 Å². The number of rotatable bonds is 3. The lowest BCUT2D eigenvalue weighted by Gasteiger charge is -2.14. The van der Waals surface area contributed by atoms with Crippen LogP contribution in [0.4, 0.5) is 0 Å². The first-order chi connectivity index (χ1) is 8.47. The molecule has 2 nitrogen and oxygen atoms in total. The van der Waals surface area contributed by atoms with Gasteiger partial charge in [-0.1, -0.05) is 28.1 Å². The summed E-state index contributed by atoms with van der Waals surface area (Å²) >= 11 is 5.26. The largest absolute Gasteiger partial charge is 0.324 e. The summed E-state index contributed by atoms with van der Waals surface area (Å²) in [6, 6.07) is 4.32. The second-order valence-electron chi connectivity index (χ2n) is 4.64. The Kier molecular flexibility index (Phi) is 4.20. The van der Waals surface area contributed by atoms with E-state index in [9.17, 15) is 0 Å². The Morgan fingerprint density at radius 3 is 2.39 bits per heavy atom. The van der Waals surface area contributed by atoms with Crippen molar-refractivity contribution in [2.24, 2.45) is 5.73 Å². The molecule has 1 heterocycles. The van der Waals surface area contributed by atoms with Gasteiger partial charge in [0.1, 0.15) is 0 Å². The molecule has 1 aromatic carbocycles. The molecule has 4 heteroatoms. The van der Waals surface area contributed by atoms with Crippen molar-refractivity contribution < 1.29 is 0 Å². The monoisotopic (exact) mass is 324 g/mol. The number of halogens is 1. The normalized spacial score (nSPS) is 12.7. The molecule has 0 saturated heterocycles. The van der Waals surface area contributed by atoms with E-state index in [0.717, 1.165) is 17.1 Å². The molecule has 1 unspecified atom stereocenters. The molecule has 2 aromatic rings. The topological polar surface area (TPSA) is 38.9 Å².